The number of hydrogen-bond donors (Lipinski definition) is 0. The van der Waals surface area contributed by atoms with Crippen LogP contribution >= 0.6 is 28.3 Å². The summed E-state index contributed by atoms with van der Waals surface area (Å²) in [7, 11) is 0. The van der Waals surface area contributed by atoms with E-state index in [-0.39, 0.29) is 12.4 Å². The first-order valence-corrected chi connectivity index (χ1v) is 6.03. The smallest absolute Gasteiger partial charge is 0.0665 e. The molecule has 0 aromatic heterocycles. The van der Waals surface area contributed by atoms with Gasteiger partial charge >= 0.3 is 0 Å². The molecule has 3 rings (SSSR count). The van der Waals surface area contributed by atoms with Crippen LogP contribution in [0.2, 0.25) is 0 Å². The normalized spacial score (nSPS) is 12.1. The van der Waals surface area contributed by atoms with Gasteiger partial charge in [-0.05, 0) is 28.8 Å². The number of hydrogen-bond acceptors (Lipinski definition) is 1. The van der Waals surface area contributed by atoms with E-state index >= 15 is 0 Å². The van der Waals surface area contributed by atoms with Gasteiger partial charge in [-0.2, -0.15) is 0 Å². The molecule has 0 atom stereocenters. The van der Waals surface area contributed by atoms with Crippen molar-refractivity contribution in [2.75, 3.05) is 0 Å². The fraction of sp³-hybridized carbons (Fsp3) is 0.0714. The molecule has 0 amide bonds. The molecule has 17 heavy (non-hydrogen) atoms. The maximum Gasteiger partial charge on any atom is 0.0665 e. The van der Waals surface area contributed by atoms with E-state index in [1.807, 2.05) is 18.3 Å². The Morgan fingerprint density at radius 1 is 1.00 bits per heavy atom. The molecule has 2 aromatic carbocycles. The van der Waals surface area contributed by atoms with Crippen LogP contribution in [-0.4, -0.2) is 6.21 Å². The molecule has 1 aliphatic heterocycles. The lowest BCUT2D eigenvalue weighted by Crippen LogP contribution is -1.93. The minimum absolute atomic E-state index is 0. The molecule has 0 unspecified atom stereocenters. The summed E-state index contributed by atoms with van der Waals surface area (Å²) in [5.74, 6) is 0. The Morgan fingerprint density at radius 2 is 1.82 bits per heavy atom. The molecule has 86 valence electrons. The predicted molar refractivity (Wildman–Crippen MR) is 77.9 cm³/mol. The number of rotatable bonds is 0. The molecule has 0 spiro atoms. The number of aliphatic imine (C=N–C) groups is 1. The van der Waals surface area contributed by atoms with Crippen LogP contribution in [0.1, 0.15) is 16.7 Å². The minimum atomic E-state index is 0. The quantitative estimate of drug-likeness (QED) is 0.579. The van der Waals surface area contributed by atoms with E-state index in [0.717, 1.165) is 16.6 Å². The average Bonchev–Trinajstić information content (AvgIpc) is 2.50. The van der Waals surface area contributed by atoms with Gasteiger partial charge in [0.05, 0.1) is 5.69 Å². The summed E-state index contributed by atoms with van der Waals surface area (Å²) in [5.41, 5.74) is 4.87. The van der Waals surface area contributed by atoms with Gasteiger partial charge in [-0.1, -0.05) is 46.3 Å². The summed E-state index contributed by atoms with van der Waals surface area (Å²) in [6.07, 6.45) is 2.89. The maximum absolute atomic E-state index is 4.52. The molecule has 3 heteroatoms. The molecule has 0 N–H and O–H groups in total. The summed E-state index contributed by atoms with van der Waals surface area (Å²) in [6.45, 7) is 0. The van der Waals surface area contributed by atoms with Crippen LogP contribution in [0.5, 0.6) is 0 Å². The Hall–Kier alpha value is -1.12. The molecule has 0 bridgehead atoms. The van der Waals surface area contributed by atoms with Crippen LogP contribution in [0.3, 0.4) is 0 Å². The van der Waals surface area contributed by atoms with Gasteiger partial charge in [0.1, 0.15) is 0 Å². The lowest BCUT2D eigenvalue weighted by Gasteiger charge is -2.06. The molecule has 1 heterocycles. The lowest BCUT2D eigenvalue weighted by atomic mass is 10.0. The van der Waals surface area contributed by atoms with Crippen molar-refractivity contribution in [2.45, 2.75) is 6.42 Å². The Bertz CT molecular complexity index is 578. The van der Waals surface area contributed by atoms with Crippen molar-refractivity contribution in [1.29, 1.82) is 0 Å². The van der Waals surface area contributed by atoms with Gasteiger partial charge in [-0.15, -0.1) is 12.4 Å². The van der Waals surface area contributed by atoms with Crippen molar-refractivity contribution >= 4 is 40.2 Å². The SMILES string of the molecule is Brc1cccc2c1Cc1ccccc1N=C2.Cl. The van der Waals surface area contributed by atoms with Crippen LogP contribution in [-0.2, 0) is 6.42 Å². The fourth-order valence-electron chi connectivity index (χ4n) is 2.00. The van der Waals surface area contributed by atoms with E-state index in [4.69, 9.17) is 0 Å². The summed E-state index contributed by atoms with van der Waals surface area (Å²) < 4.78 is 1.16. The second-order valence-corrected chi connectivity index (χ2v) is 4.73. The Balaban J connectivity index is 0.00000108. The fourth-order valence-corrected chi connectivity index (χ4v) is 2.52. The molecule has 0 fully saturated rings. The van der Waals surface area contributed by atoms with Gasteiger partial charge in [0, 0.05) is 17.1 Å². The number of para-hydroxylation sites is 1. The first-order valence-electron chi connectivity index (χ1n) is 5.24. The van der Waals surface area contributed by atoms with E-state index in [2.05, 4.69) is 51.3 Å². The van der Waals surface area contributed by atoms with E-state index in [0.29, 0.717) is 0 Å². The summed E-state index contributed by atoms with van der Waals surface area (Å²) >= 11 is 3.61. The Labute approximate surface area is 115 Å². The first kappa shape index (κ1) is 12.3. The van der Waals surface area contributed by atoms with Gasteiger partial charge in [0.2, 0.25) is 0 Å². The predicted octanol–water partition coefficient (Wildman–Crippen LogP) is 4.53. The zero-order chi connectivity index (χ0) is 11.0. The van der Waals surface area contributed by atoms with Gasteiger partial charge in [-0.25, -0.2) is 0 Å². The third-order valence-corrected chi connectivity index (χ3v) is 3.60. The standard InChI is InChI=1S/C14H10BrN.ClH/c15-13-6-3-5-11-9-16-14-7-2-1-4-10(14)8-12(11)13;/h1-7,9H,8H2;1H. The number of nitrogens with zero attached hydrogens (tertiary/aromatic N) is 1. The zero-order valence-corrected chi connectivity index (χ0v) is 11.5. The number of halogens is 2. The van der Waals surface area contributed by atoms with Gasteiger partial charge in [0.25, 0.3) is 0 Å². The lowest BCUT2D eigenvalue weighted by molar-refractivity contribution is 1.18. The van der Waals surface area contributed by atoms with Crippen molar-refractivity contribution in [3.8, 4) is 0 Å². The summed E-state index contributed by atoms with van der Waals surface area (Å²) in [5, 5.41) is 0. The highest BCUT2D eigenvalue weighted by molar-refractivity contribution is 9.10. The molecule has 1 aliphatic rings. The van der Waals surface area contributed by atoms with Crippen LogP contribution in [0.15, 0.2) is 51.9 Å². The highest BCUT2D eigenvalue weighted by Gasteiger charge is 2.11. The highest BCUT2D eigenvalue weighted by Crippen LogP contribution is 2.30. The van der Waals surface area contributed by atoms with Gasteiger partial charge in [-0.3, -0.25) is 4.99 Å². The largest absolute Gasteiger partial charge is 0.256 e. The summed E-state index contributed by atoms with van der Waals surface area (Å²) in [6, 6.07) is 14.5. The first-order chi connectivity index (χ1) is 7.84. The third-order valence-electron chi connectivity index (χ3n) is 2.86. The third kappa shape index (κ3) is 2.28. The highest BCUT2D eigenvalue weighted by atomic mass is 79.9. The van der Waals surface area contributed by atoms with Crippen LogP contribution in [0.4, 0.5) is 5.69 Å². The summed E-state index contributed by atoms with van der Waals surface area (Å²) in [4.78, 5) is 4.52. The molecular weight excluding hydrogens is 298 g/mol. The molecule has 1 nitrogen and oxygen atoms in total. The second kappa shape index (κ2) is 5.03. The number of fused-ring (bicyclic) bond motifs is 2. The van der Waals surface area contributed by atoms with Crippen LogP contribution < -0.4 is 0 Å². The monoisotopic (exact) mass is 307 g/mol. The molecule has 0 saturated heterocycles. The second-order valence-electron chi connectivity index (χ2n) is 3.87. The average molecular weight is 309 g/mol. The maximum atomic E-state index is 4.52. The van der Waals surface area contributed by atoms with Crippen molar-refractivity contribution in [3.05, 3.63) is 63.6 Å². The zero-order valence-electron chi connectivity index (χ0n) is 9.06. The minimum Gasteiger partial charge on any atom is -0.256 e. The number of benzene rings is 2. The van der Waals surface area contributed by atoms with E-state index in [1.165, 1.54) is 16.7 Å². The van der Waals surface area contributed by atoms with Crippen molar-refractivity contribution in [3.63, 3.8) is 0 Å². The molecular formula is C14H11BrClN. The van der Waals surface area contributed by atoms with Gasteiger partial charge in [0.15, 0.2) is 0 Å². The topological polar surface area (TPSA) is 12.4 Å². The Morgan fingerprint density at radius 3 is 2.71 bits per heavy atom. The van der Waals surface area contributed by atoms with E-state index in [9.17, 15) is 0 Å². The van der Waals surface area contributed by atoms with Crippen LogP contribution in [0.25, 0.3) is 0 Å². The van der Waals surface area contributed by atoms with Crippen molar-refractivity contribution < 1.29 is 0 Å². The molecule has 0 aliphatic carbocycles. The molecule has 0 saturated carbocycles. The van der Waals surface area contributed by atoms with Crippen LogP contribution in [0, 0.1) is 0 Å². The molecule has 2 aromatic rings. The molecule has 0 radical (unpaired) electrons. The van der Waals surface area contributed by atoms with Crippen molar-refractivity contribution in [1.82, 2.24) is 0 Å². The van der Waals surface area contributed by atoms with E-state index in [1.54, 1.807) is 0 Å². The Kier molecular flexibility index (Phi) is 3.65. The van der Waals surface area contributed by atoms with Gasteiger partial charge < -0.3 is 0 Å². The van der Waals surface area contributed by atoms with E-state index < -0.39 is 0 Å². The van der Waals surface area contributed by atoms with Crippen molar-refractivity contribution in [2.24, 2.45) is 4.99 Å².